The van der Waals surface area contributed by atoms with E-state index in [4.69, 9.17) is 9.47 Å². The zero-order valence-electron chi connectivity index (χ0n) is 16.4. The van der Waals surface area contributed by atoms with Gasteiger partial charge in [-0.15, -0.1) is 0 Å². The van der Waals surface area contributed by atoms with Gasteiger partial charge in [0, 0.05) is 23.4 Å². The Labute approximate surface area is 170 Å². The van der Waals surface area contributed by atoms with Crippen molar-refractivity contribution in [1.29, 1.82) is 0 Å². The number of benzene rings is 3. The lowest BCUT2D eigenvalue weighted by Gasteiger charge is -2.11. The number of anilines is 1. The normalized spacial score (nSPS) is 9.72. The summed E-state index contributed by atoms with van der Waals surface area (Å²) in [7, 11) is 3.16. The van der Waals surface area contributed by atoms with E-state index in [0.29, 0.717) is 23.7 Å². The number of carbonyl (C=O) groups is 1. The number of urea groups is 1. The minimum absolute atomic E-state index is 0.298. The van der Waals surface area contributed by atoms with Gasteiger partial charge in [0.15, 0.2) is 11.5 Å². The van der Waals surface area contributed by atoms with Gasteiger partial charge in [-0.3, -0.25) is 0 Å². The maximum atomic E-state index is 12.2. The third kappa shape index (κ3) is 5.78. The highest BCUT2D eigenvalue weighted by Gasteiger charge is 2.06. The Morgan fingerprint density at radius 2 is 1.55 bits per heavy atom. The average molecular weight is 386 g/mol. The smallest absolute Gasteiger partial charge is 0.319 e. The summed E-state index contributed by atoms with van der Waals surface area (Å²) in [5.41, 5.74) is 3.35. The van der Waals surface area contributed by atoms with Crippen molar-refractivity contribution in [3.63, 3.8) is 0 Å². The molecule has 0 saturated heterocycles. The van der Waals surface area contributed by atoms with Crippen LogP contribution in [-0.2, 0) is 6.54 Å². The summed E-state index contributed by atoms with van der Waals surface area (Å²) in [6, 6.07) is 22.4. The Kier molecular flexibility index (Phi) is 6.75. The predicted molar refractivity (Wildman–Crippen MR) is 114 cm³/mol. The molecule has 0 atom stereocenters. The minimum Gasteiger partial charge on any atom is -0.493 e. The first-order chi connectivity index (χ1) is 14.2. The van der Waals surface area contributed by atoms with Crippen LogP contribution in [0, 0.1) is 11.8 Å². The Bertz CT molecular complexity index is 1040. The highest BCUT2D eigenvalue weighted by atomic mass is 16.5. The second-order valence-electron chi connectivity index (χ2n) is 6.19. The molecule has 0 heterocycles. The lowest BCUT2D eigenvalue weighted by molar-refractivity contribution is 0.251. The summed E-state index contributed by atoms with van der Waals surface area (Å²) in [5.74, 6) is 7.49. The van der Waals surface area contributed by atoms with Crippen molar-refractivity contribution >= 4 is 11.7 Å². The molecule has 0 aliphatic heterocycles. The van der Waals surface area contributed by atoms with Gasteiger partial charge in [0.05, 0.1) is 14.2 Å². The Morgan fingerprint density at radius 3 is 2.31 bits per heavy atom. The van der Waals surface area contributed by atoms with E-state index in [2.05, 4.69) is 22.5 Å². The molecule has 0 aliphatic carbocycles. The van der Waals surface area contributed by atoms with Gasteiger partial charge < -0.3 is 20.1 Å². The van der Waals surface area contributed by atoms with Crippen molar-refractivity contribution in [2.45, 2.75) is 6.54 Å². The lowest BCUT2D eigenvalue weighted by atomic mass is 10.1. The molecule has 0 unspecified atom stereocenters. The van der Waals surface area contributed by atoms with E-state index < -0.39 is 0 Å². The van der Waals surface area contributed by atoms with E-state index in [1.807, 2.05) is 72.8 Å². The van der Waals surface area contributed by atoms with Crippen LogP contribution in [0.25, 0.3) is 0 Å². The number of carbonyl (C=O) groups excluding carboxylic acids is 1. The molecule has 0 aliphatic rings. The summed E-state index contributed by atoms with van der Waals surface area (Å²) >= 11 is 0. The molecule has 0 aromatic heterocycles. The number of amides is 2. The first-order valence-electron chi connectivity index (χ1n) is 9.11. The number of methoxy groups -OCH3 is 2. The highest BCUT2D eigenvalue weighted by Crippen LogP contribution is 2.27. The van der Waals surface area contributed by atoms with Crippen LogP contribution < -0.4 is 20.1 Å². The van der Waals surface area contributed by atoms with E-state index in [1.54, 1.807) is 14.2 Å². The molecule has 5 heteroatoms. The van der Waals surface area contributed by atoms with E-state index in [-0.39, 0.29) is 6.03 Å². The number of hydrogen-bond acceptors (Lipinski definition) is 3. The molecule has 2 amide bonds. The Morgan fingerprint density at radius 1 is 0.828 bits per heavy atom. The first kappa shape index (κ1) is 19.8. The molecular weight excluding hydrogens is 364 g/mol. The van der Waals surface area contributed by atoms with E-state index >= 15 is 0 Å². The molecule has 146 valence electrons. The summed E-state index contributed by atoms with van der Waals surface area (Å²) in [5, 5.41) is 5.66. The van der Waals surface area contributed by atoms with Crippen LogP contribution in [0.15, 0.2) is 72.8 Å². The fraction of sp³-hybridized carbons (Fsp3) is 0.125. The Hall–Kier alpha value is -3.91. The summed E-state index contributed by atoms with van der Waals surface area (Å²) in [4.78, 5) is 12.2. The van der Waals surface area contributed by atoms with Crippen molar-refractivity contribution in [2.75, 3.05) is 19.5 Å². The van der Waals surface area contributed by atoms with Gasteiger partial charge >= 0.3 is 6.03 Å². The molecule has 3 aromatic rings. The molecule has 0 bridgehead atoms. The Balaban J connectivity index is 1.59. The van der Waals surface area contributed by atoms with Crippen LogP contribution in [-0.4, -0.2) is 20.3 Å². The molecule has 0 saturated carbocycles. The summed E-state index contributed by atoms with van der Waals surface area (Å²) < 4.78 is 10.5. The van der Waals surface area contributed by atoms with Gasteiger partial charge in [-0.1, -0.05) is 42.2 Å². The van der Waals surface area contributed by atoms with Gasteiger partial charge in [0.1, 0.15) is 0 Å². The van der Waals surface area contributed by atoms with Crippen molar-refractivity contribution < 1.29 is 14.3 Å². The number of rotatable bonds is 5. The van der Waals surface area contributed by atoms with E-state index in [9.17, 15) is 4.79 Å². The fourth-order valence-corrected chi connectivity index (χ4v) is 2.69. The third-order valence-electron chi connectivity index (χ3n) is 4.15. The monoisotopic (exact) mass is 386 g/mol. The third-order valence-corrected chi connectivity index (χ3v) is 4.15. The fourth-order valence-electron chi connectivity index (χ4n) is 2.69. The minimum atomic E-state index is -0.298. The maximum Gasteiger partial charge on any atom is 0.319 e. The second kappa shape index (κ2) is 9.86. The zero-order chi connectivity index (χ0) is 20.5. The standard InChI is InChI=1S/C24H22N2O3/c1-28-22-14-13-20(16-23(22)29-2)17-25-24(27)26-21-10-6-9-19(15-21)12-11-18-7-4-3-5-8-18/h3-10,13-16H,17H2,1-2H3,(H2,25,26,27). The van der Waals surface area contributed by atoms with Crippen molar-refractivity contribution in [3.8, 4) is 23.3 Å². The topological polar surface area (TPSA) is 59.6 Å². The van der Waals surface area contributed by atoms with Gasteiger partial charge in [0.25, 0.3) is 0 Å². The average Bonchev–Trinajstić information content (AvgIpc) is 2.77. The van der Waals surface area contributed by atoms with Crippen LogP contribution in [0.2, 0.25) is 0 Å². The van der Waals surface area contributed by atoms with Gasteiger partial charge in [0.2, 0.25) is 0 Å². The molecule has 29 heavy (non-hydrogen) atoms. The molecule has 2 N–H and O–H groups in total. The summed E-state index contributed by atoms with van der Waals surface area (Å²) in [6.07, 6.45) is 0. The van der Waals surface area contributed by atoms with Crippen LogP contribution in [0.4, 0.5) is 10.5 Å². The quantitative estimate of drug-likeness (QED) is 0.638. The second-order valence-corrected chi connectivity index (χ2v) is 6.19. The molecular formula is C24H22N2O3. The molecule has 5 nitrogen and oxygen atoms in total. The van der Waals surface area contributed by atoms with E-state index in [0.717, 1.165) is 16.7 Å². The van der Waals surface area contributed by atoms with Crippen LogP contribution in [0.1, 0.15) is 16.7 Å². The van der Waals surface area contributed by atoms with Gasteiger partial charge in [-0.2, -0.15) is 0 Å². The predicted octanol–water partition coefficient (Wildman–Crippen LogP) is 4.43. The SMILES string of the molecule is COc1ccc(CNC(=O)Nc2cccc(C#Cc3ccccc3)c2)cc1OC. The molecule has 0 radical (unpaired) electrons. The highest BCUT2D eigenvalue weighted by molar-refractivity contribution is 5.89. The van der Waals surface area contributed by atoms with Crippen LogP contribution >= 0.6 is 0 Å². The van der Waals surface area contributed by atoms with Crippen LogP contribution in [0.3, 0.4) is 0 Å². The molecule has 3 aromatic carbocycles. The van der Waals surface area contributed by atoms with E-state index in [1.165, 1.54) is 0 Å². The molecule has 3 rings (SSSR count). The largest absolute Gasteiger partial charge is 0.493 e. The zero-order valence-corrected chi connectivity index (χ0v) is 16.4. The number of nitrogens with one attached hydrogen (secondary N) is 2. The summed E-state index contributed by atoms with van der Waals surface area (Å²) in [6.45, 7) is 0.361. The van der Waals surface area contributed by atoms with Crippen LogP contribution in [0.5, 0.6) is 11.5 Å². The first-order valence-corrected chi connectivity index (χ1v) is 9.11. The van der Waals surface area contributed by atoms with Crippen molar-refractivity contribution in [1.82, 2.24) is 5.32 Å². The number of ether oxygens (including phenoxy) is 2. The van der Waals surface area contributed by atoms with Crippen molar-refractivity contribution in [3.05, 3.63) is 89.5 Å². The molecule has 0 fully saturated rings. The van der Waals surface area contributed by atoms with Gasteiger partial charge in [-0.05, 0) is 48.0 Å². The maximum absolute atomic E-state index is 12.2. The number of hydrogen-bond donors (Lipinski definition) is 2. The molecule has 0 spiro atoms. The van der Waals surface area contributed by atoms with Crippen molar-refractivity contribution in [2.24, 2.45) is 0 Å². The van der Waals surface area contributed by atoms with Gasteiger partial charge in [-0.25, -0.2) is 4.79 Å². The lowest BCUT2D eigenvalue weighted by Crippen LogP contribution is -2.28.